The normalized spacial score (nSPS) is 14.7. The fourth-order valence-corrected chi connectivity index (χ4v) is 3.18. The van der Waals surface area contributed by atoms with E-state index in [-0.39, 0.29) is 5.91 Å². The molecule has 0 unspecified atom stereocenters. The Bertz CT molecular complexity index is 733. The molecule has 134 valence electrons. The molecule has 0 radical (unpaired) electrons. The number of nitrogens with zero attached hydrogens (tertiary/aromatic N) is 3. The van der Waals surface area contributed by atoms with Gasteiger partial charge in [-0.3, -0.25) is 4.79 Å². The Labute approximate surface area is 148 Å². The molecule has 2 heterocycles. The minimum atomic E-state index is 0.188. The van der Waals surface area contributed by atoms with Gasteiger partial charge in [0.05, 0.1) is 0 Å². The summed E-state index contributed by atoms with van der Waals surface area (Å²) >= 11 is 0. The molecule has 0 atom stereocenters. The summed E-state index contributed by atoms with van der Waals surface area (Å²) in [5.41, 5.74) is 3.93. The zero-order valence-corrected chi connectivity index (χ0v) is 15.2. The lowest BCUT2D eigenvalue weighted by Crippen LogP contribution is -2.49. The zero-order valence-electron chi connectivity index (χ0n) is 15.2. The van der Waals surface area contributed by atoms with Crippen molar-refractivity contribution in [3.8, 4) is 0 Å². The summed E-state index contributed by atoms with van der Waals surface area (Å²) in [7, 11) is 0. The number of hydrogen-bond donors (Lipinski definition) is 1. The predicted molar refractivity (Wildman–Crippen MR) is 99.1 cm³/mol. The van der Waals surface area contributed by atoms with Gasteiger partial charge in [0.15, 0.2) is 5.82 Å². The fourth-order valence-electron chi connectivity index (χ4n) is 3.18. The van der Waals surface area contributed by atoms with Gasteiger partial charge < -0.3 is 19.6 Å². The molecule has 1 fully saturated rings. The van der Waals surface area contributed by atoms with Crippen LogP contribution in [0.1, 0.15) is 23.3 Å². The van der Waals surface area contributed by atoms with Crippen molar-refractivity contribution in [1.82, 2.24) is 10.1 Å². The molecule has 1 aromatic carbocycles. The van der Waals surface area contributed by atoms with Gasteiger partial charge in [-0.1, -0.05) is 17.3 Å². The average molecular weight is 342 g/mol. The summed E-state index contributed by atoms with van der Waals surface area (Å²) in [4.78, 5) is 16.7. The molecule has 6 nitrogen and oxygen atoms in total. The molecule has 25 heavy (non-hydrogen) atoms. The van der Waals surface area contributed by atoms with Crippen LogP contribution in [0.4, 0.5) is 11.5 Å². The van der Waals surface area contributed by atoms with Gasteiger partial charge in [-0.05, 0) is 38.0 Å². The predicted octanol–water partition coefficient (Wildman–Crippen LogP) is 2.75. The van der Waals surface area contributed by atoms with E-state index >= 15 is 0 Å². The van der Waals surface area contributed by atoms with Crippen LogP contribution in [0.15, 0.2) is 28.8 Å². The van der Waals surface area contributed by atoms with E-state index in [9.17, 15) is 4.79 Å². The molecule has 3 rings (SSSR count). The number of anilines is 2. The number of hydrogen-bond acceptors (Lipinski definition) is 5. The maximum Gasteiger partial charge on any atom is 0.224 e. The third kappa shape index (κ3) is 4.13. The van der Waals surface area contributed by atoms with Gasteiger partial charge in [-0.2, -0.15) is 0 Å². The van der Waals surface area contributed by atoms with Crippen LogP contribution in [0.2, 0.25) is 0 Å². The van der Waals surface area contributed by atoms with Gasteiger partial charge in [-0.15, -0.1) is 0 Å². The van der Waals surface area contributed by atoms with Crippen molar-refractivity contribution in [2.24, 2.45) is 0 Å². The SMILES string of the molecule is Cc1cc(NCCC(=O)N2CCN(c3cccc(C)c3C)CC2)no1. The Balaban J connectivity index is 1.46. The molecule has 1 aromatic heterocycles. The lowest BCUT2D eigenvalue weighted by molar-refractivity contribution is -0.131. The van der Waals surface area contributed by atoms with E-state index in [1.165, 1.54) is 16.8 Å². The number of amides is 1. The van der Waals surface area contributed by atoms with E-state index in [0.717, 1.165) is 31.9 Å². The minimum Gasteiger partial charge on any atom is -0.368 e. The molecule has 0 aliphatic carbocycles. The highest BCUT2D eigenvalue weighted by atomic mass is 16.5. The maximum absolute atomic E-state index is 12.4. The second-order valence-electron chi connectivity index (χ2n) is 6.59. The molecule has 6 heteroatoms. The van der Waals surface area contributed by atoms with Crippen molar-refractivity contribution >= 4 is 17.4 Å². The Morgan fingerprint density at radius 1 is 1.20 bits per heavy atom. The number of aryl methyl sites for hydroxylation is 2. The monoisotopic (exact) mass is 342 g/mol. The highest BCUT2D eigenvalue weighted by molar-refractivity contribution is 5.77. The first-order valence-corrected chi connectivity index (χ1v) is 8.81. The molecule has 1 aliphatic heterocycles. The zero-order chi connectivity index (χ0) is 17.8. The van der Waals surface area contributed by atoms with Crippen LogP contribution >= 0.6 is 0 Å². The number of carbonyl (C=O) groups excluding carboxylic acids is 1. The molecule has 1 saturated heterocycles. The Kier molecular flexibility index (Phi) is 5.26. The molecule has 0 spiro atoms. The molecule has 1 amide bonds. The van der Waals surface area contributed by atoms with Gasteiger partial charge in [0.1, 0.15) is 5.76 Å². The summed E-state index contributed by atoms with van der Waals surface area (Å²) < 4.78 is 5.00. The fraction of sp³-hybridized carbons (Fsp3) is 0.474. The number of aromatic nitrogens is 1. The number of piperazine rings is 1. The quantitative estimate of drug-likeness (QED) is 0.905. The average Bonchev–Trinajstić information content (AvgIpc) is 3.03. The van der Waals surface area contributed by atoms with Gasteiger partial charge in [-0.25, -0.2) is 0 Å². The van der Waals surface area contributed by atoms with Gasteiger partial charge in [0.25, 0.3) is 0 Å². The summed E-state index contributed by atoms with van der Waals surface area (Å²) in [6.45, 7) is 10.0. The standard InChI is InChI=1S/C19H26N4O2/c1-14-5-4-6-17(16(14)3)22-9-11-23(12-10-22)19(24)7-8-20-18-13-15(2)25-21-18/h4-6,13H,7-12H2,1-3H3,(H,20,21). The molecule has 1 N–H and O–H groups in total. The lowest BCUT2D eigenvalue weighted by atomic mass is 10.1. The summed E-state index contributed by atoms with van der Waals surface area (Å²) in [6.07, 6.45) is 0.468. The maximum atomic E-state index is 12.4. The number of rotatable bonds is 5. The number of carbonyl (C=O) groups is 1. The van der Waals surface area contributed by atoms with Crippen molar-refractivity contribution in [1.29, 1.82) is 0 Å². The van der Waals surface area contributed by atoms with Crippen molar-refractivity contribution in [3.63, 3.8) is 0 Å². The van der Waals surface area contributed by atoms with E-state index in [4.69, 9.17) is 4.52 Å². The van der Waals surface area contributed by atoms with E-state index in [1.54, 1.807) is 0 Å². The lowest BCUT2D eigenvalue weighted by Gasteiger charge is -2.37. The highest BCUT2D eigenvalue weighted by Gasteiger charge is 2.22. The number of nitrogens with one attached hydrogen (secondary N) is 1. The Hall–Kier alpha value is -2.50. The van der Waals surface area contributed by atoms with Crippen LogP contribution in [-0.2, 0) is 4.79 Å². The largest absolute Gasteiger partial charge is 0.368 e. The van der Waals surface area contributed by atoms with Crippen molar-refractivity contribution < 1.29 is 9.32 Å². The van der Waals surface area contributed by atoms with Crippen LogP contribution in [0.5, 0.6) is 0 Å². The highest BCUT2D eigenvalue weighted by Crippen LogP contribution is 2.24. The Morgan fingerprint density at radius 2 is 1.96 bits per heavy atom. The second-order valence-corrected chi connectivity index (χ2v) is 6.59. The summed E-state index contributed by atoms with van der Waals surface area (Å²) in [5.74, 6) is 1.63. The van der Waals surface area contributed by atoms with Gasteiger partial charge >= 0.3 is 0 Å². The first-order chi connectivity index (χ1) is 12.0. The second kappa shape index (κ2) is 7.59. The topological polar surface area (TPSA) is 61.6 Å². The molecule has 0 bridgehead atoms. The Morgan fingerprint density at radius 3 is 2.64 bits per heavy atom. The van der Waals surface area contributed by atoms with E-state index in [2.05, 4.69) is 47.4 Å². The molecule has 1 aliphatic rings. The van der Waals surface area contributed by atoms with Gasteiger partial charge in [0.2, 0.25) is 5.91 Å². The van der Waals surface area contributed by atoms with E-state index in [1.807, 2.05) is 17.9 Å². The molecule has 2 aromatic rings. The van der Waals surface area contributed by atoms with Crippen LogP contribution in [0, 0.1) is 20.8 Å². The van der Waals surface area contributed by atoms with Crippen molar-refractivity contribution in [3.05, 3.63) is 41.2 Å². The van der Waals surface area contributed by atoms with E-state index < -0.39 is 0 Å². The van der Waals surface area contributed by atoms with Crippen molar-refractivity contribution in [2.45, 2.75) is 27.2 Å². The van der Waals surface area contributed by atoms with Crippen LogP contribution in [0.3, 0.4) is 0 Å². The van der Waals surface area contributed by atoms with E-state index in [0.29, 0.717) is 18.8 Å². The van der Waals surface area contributed by atoms with Gasteiger partial charge in [0, 0.05) is 50.9 Å². The first kappa shape index (κ1) is 17.3. The summed E-state index contributed by atoms with van der Waals surface area (Å²) in [5, 5.41) is 6.99. The number of benzene rings is 1. The smallest absolute Gasteiger partial charge is 0.224 e. The van der Waals surface area contributed by atoms with Crippen LogP contribution in [-0.4, -0.2) is 48.7 Å². The molecular weight excluding hydrogens is 316 g/mol. The summed E-state index contributed by atoms with van der Waals surface area (Å²) in [6, 6.07) is 8.24. The molecular formula is C19H26N4O2. The minimum absolute atomic E-state index is 0.188. The molecule has 0 saturated carbocycles. The van der Waals surface area contributed by atoms with Crippen LogP contribution in [0.25, 0.3) is 0 Å². The third-order valence-electron chi connectivity index (χ3n) is 4.82. The van der Waals surface area contributed by atoms with Crippen molar-refractivity contribution in [2.75, 3.05) is 42.9 Å². The first-order valence-electron chi connectivity index (χ1n) is 8.81. The van der Waals surface area contributed by atoms with Crippen LogP contribution < -0.4 is 10.2 Å². The third-order valence-corrected chi connectivity index (χ3v) is 4.82.